The van der Waals surface area contributed by atoms with Gasteiger partial charge in [-0.1, -0.05) is 11.6 Å². The Kier molecular flexibility index (Phi) is 2.85. The van der Waals surface area contributed by atoms with Crippen molar-refractivity contribution in [3.8, 4) is 0 Å². The smallest absolute Gasteiger partial charge is 0.392 e. The number of aryl methyl sites for hydroxylation is 2. The van der Waals surface area contributed by atoms with Gasteiger partial charge >= 0.3 is 6.18 Å². The number of alkyl halides is 3. The first kappa shape index (κ1) is 11.0. The fraction of sp³-hybridized carbons (Fsp3) is 0.400. The number of hydrogen-bond acceptors (Lipinski definition) is 1. The summed E-state index contributed by atoms with van der Waals surface area (Å²) in [5.74, 6) is 0. The van der Waals surface area contributed by atoms with Gasteiger partial charge in [0.1, 0.15) is 0 Å². The van der Waals surface area contributed by atoms with E-state index in [0.717, 1.165) is 6.07 Å². The second-order valence-electron chi connectivity index (χ2n) is 3.26. The Hall–Kier alpha value is -1.03. The van der Waals surface area contributed by atoms with Crippen LogP contribution >= 0.6 is 0 Å². The Morgan fingerprint density at radius 1 is 1.21 bits per heavy atom. The largest absolute Gasteiger partial charge is 0.416 e. The number of rotatable bonds is 1. The monoisotopic (exact) mass is 204 g/mol. The molecule has 0 radical (unpaired) electrons. The number of hydrogen-bond donors (Lipinski definition) is 1. The quantitative estimate of drug-likeness (QED) is 0.745. The van der Waals surface area contributed by atoms with Crippen LogP contribution in [0, 0.1) is 13.8 Å². The van der Waals surface area contributed by atoms with Crippen LogP contribution in [0.3, 0.4) is 0 Å². The van der Waals surface area contributed by atoms with Gasteiger partial charge in [0, 0.05) is 0 Å². The van der Waals surface area contributed by atoms with E-state index in [0.29, 0.717) is 11.1 Å². The lowest BCUT2D eigenvalue weighted by Gasteiger charge is -2.14. The van der Waals surface area contributed by atoms with Crippen LogP contribution in [0.1, 0.15) is 22.3 Å². The van der Waals surface area contributed by atoms with E-state index in [1.165, 1.54) is 0 Å². The zero-order valence-electron chi connectivity index (χ0n) is 7.94. The third-order valence-corrected chi connectivity index (χ3v) is 2.08. The molecule has 0 fully saturated rings. The first-order valence-corrected chi connectivity index (χ1v) is 4.14. The summed E-state index contributed by atoms with van der Waals surface area (Å²) < 4.78 is 37.5. The molecule has 0 spiro atoms. The molecule has 0 unspecified atom stereocenters. The molecule has 0 aromatic heterocycles. The van der Waals surface area contributed by atoms with Crippen LogP contribution in [0.15, 0.2) is 12.1 Å². The molecule has 1 nitrogen and oxygen atoms in total. The third kappa shape index (κ3) is 2.07. The zero-order valence-corrected chi connectivity index (χ0v) is 7.94. The Morgan fingerprint density at radius 3 is 2.21 bits per heavy atom. The standard InChI is InChI=1S/C10H11F3O/c1-6-3-7(2)8(5-14)9(4-6)10(11,12)13/h3-4,14H,5H2,1-2H3. The molecule has 14 heavy (non-hydrogen) atoms. The molecule has 0 saturated heterocycles. The molecule has 0 heterocycles. The first-order chi connectivity index (χ1) is 6.36. The van der Waals surface area contributed by atoms with Gasteiger partial charge in [0.25, 0.3) is 0 Å². The molecule has 4 heteroatoms. The van der Waals surface area contributed by atoms with Crippen molar-refractivity contribution < 1.29 is 18.3 Å². The van der Waals surface area contributed by atoms with Crippen LogP contribution in [0.5, 0.6) is 0 Å². The summed E-state index contributed by atoms with van der Waals surface area (Å²) in [5.41, 5.74) is 0.243. The zero-order chi connectivity index (χ0) is 10.9. The fourth-order valence-corrected chi connectivity index (χ4v) is 1.46. The van der Waals surface area contributed by atoms with Crippen LogP contribution in [-0.4, -0.2) is 5.11 Å². The molecule has 0 aliphatic rings. The predicted octanol–water partition coefficient (Wildman–Crippen LogP) is 2.81. The van der Waals surface area contributed by atoms with Gasteiger partial charge in [-0.2, -0.15) is 13.2 Å². The van der Waals surface area contributed by atoms with E-state index in [9.17, 15) is 13.2 Å². The molecular weight excluding hydrogens is 193 g/mol. The van der Waals surface area contributed by atoms with E-state index in [4.69, 9.17) is 5.11 Å². The molecule has 78 valence electrons. The van der Waals surface area contributed by atoms with Crippen molar-refractivity contribution in [2.75, 3.05) is 0 Å². The molecule has 1 aromatic carbocycles. The van der Waals surface area contributed by atoms with Gasteiger partial charge in [-0.05, 0) is 31.0 Å². The molecular formula is C10H11F3O. The molecule has 0 saturated carbocycles. The van der Waals surface area contributed by atoms with Crippen molar-refractivity contribution in [3.63, 3.8) is 0 Å². The maximum Gasteiger partial charge on any atom is 0.416 e. The molecule has 0 bridgehead atoms. The summed E-state index contributed by atoms with van der Waals surface area (Å²) in [4.78, 5) is 0. The van der Waals surface area contributed by atoms with Gasteiger partial charge in [-0.25, -0.2) is 0 Å². The van der Waals surface area contributed by atoms with Gasteiger partial charge in [0.15, 0.2) is 0 Å². The first-order valence-electron chi connectivity index (χ1n) is 4.14. The SMILES string of the molecule is Cc1cc(C)c(CO)c(C(F)(F)F)c1. The summed E-state index contributed by atoms with van der Waals surface area (Å²) in [6.07, 6.45) is -4.39. The molecule has 0 aliphatic heterocycles. The van der Waals surface area contributed by atoms with Crippen LogP contribution in [-0.2, 0) is 12.8 Å². The highest BCUT2D eigenvalue weighted by Gasteiger charge is 2.33. The molecule has 0 atom stereocenters. The minimum absolute atomic E-state index is 0.0388. The van der Waals surface area contributed by atoms with Crippen molar-refractivity contribution in [2.45, 2.75) is 26.6 Å². The van der Waals surface area contributed by atoms with E-state index >= 15 is 0 Å². The van der Waals surface area contributed by atoms with E-state index in [1.54, 1.807) is 19.9 Å². The molecule has 0 amide bonds. The van der Waals surface area contributed by atoms with Crippen LogP contribution in [0.25, 0.3) is 0 Å². The summed E-state index contributed by atoms with van der Waals surface area (Å²) >= 11 is 0. The van der Waals surface area contributed by atoms with E-state index in [1.807, 2.05) is 0 Å². The second-order valence-corrected chi connectivity index (χ2v) is 3.26. The number of benzene rings is 1. The van der Waals surface area contributed by atoms with Crippen molar-refractivity contribution in [1.82, 2.24) is 0 Å². The highest BCUT2D eigenvalue weighted by atomic mass is 19.4. The molecule has 1 aromatic rings. The lowest BCUT2D eigenvalue weighted by molar-refractivity contribution is -0.138. The van der Waals surface area contributed by atoms with Gasteiger partial charge in [0.05, 0.1) is 12.2 Å². The Bertz CT molecular complexity index is 342. The van der Waals surface area contributed by atoms with Gasteiger partial charge in [-0.15, -0.1) is 0 Å². The van der Waals surface area contributed by atoms with Crippen molar-refractivity contribution in [3.05, 3.63) is 34.4 Å². The van der Waals surface area contributed by atoms with E-state index < -0.39 is 18.3 Å². The van der Waals surface area contributed by atoms with Crippen molar-refractivity contribution >= 4 is 0 Å². The second kappa shape index (κ2) is 3.61. The highest BCUT2D eigenvalue weighted by molar-refractivity contribution is 5.39. The number of aliphatic hydroxyl groups is 1. The molecule has 1 N–H and O–H groups in total. The normalized spacial score (nSPS) is 11.9. The minimum Gasteiger partial charge on any atom is -0.392 e. The Labute approximate surface area is 80.2 Å². The maximum atomic E-state index is 12.5. The molecule has 1 rings (SSSR count). The Balaban J connectivity index is 3.40. The average molecular weight is 204 g/mol. The summed E-state index contributed by atoms with van der Waals surface area (Å²) in [6, 6.07) is 2.68. The maximum absolute atomic E-state index is 12.5. The van der Waals surface area contributed by atoms with E-state index in [-0.39, 0.29) is 5.56 Å². The highest BCUT2D eigenvalue weighted by Crippen LogP contribution is 2.34. The third-order valence-electron chi connectivity index (χ3n) is 2.08. The number of halogens is 3. The van der Waals surface area contributed by atoms with Gasteiger partial charge in [-0.3, -0.25) is 0 Å². The summed E-state index contributed by atoms with van der Waals surface area (Å²) in [7, 11) is 0. The van der Waals surface area contributed by atoms with Gasteiger partial charge < -0.3 is 5.11 Å². The topological polar surface area (TPSA) is 20.2 Å². The average Bonchev–Trinajstić information content (AvgIpc) is 2.01. The molecule has 0 aliphatic carbocycles. The van der Waals surface area contributed by atoms with E-state index in [2.05, 4.69) is 0 Å². The van der Waals surface area contributed by atoms with Crippen LogP contribution in [0.2, 0.25) is 0 Å². The predicted molar refractivity (Wildman–Crippen MR) is 46.8 cm³/mol. The van der Waals surface area contributed by atoms with Crippen molar-refractivity contribution in [2.24, 2.45) is 0 Å². The van der Waals surface area contributed by atoms with Crippen LogP contribution in [0.4, 0.5) is 13.2 Å². The fourth-order valence-electron chi connectivity index (χ4n) is 1.46. The lowest BCUT2D eigenvalue weighted by Crippen LogP contribution is -2.11. The van der Waals surface area contributed by atoms with Crippen molar-refractivity contribution in [1.29, 1.82) is 0 Å². The summed E-state index contributed by atoms with van der Waals surface area (Å²) in [5, 5.41) is 8.85. The summed E-state index contributed by atoms with van der Waals surface area (Å²) in [6.45, 7) is 2.58. The van der Waals surface area contributed by atoms with Crippen LogP contribution < -0.4 is 0 Å². The minimum atomic E-state index is -4.39. The Morgan fingerprint density at radius 2 is 1.79 bits per heavy atom. The lowest BCUT2D eigenvalue weighted by atomic mass is 9.99. The van der Waals surface area contributed by atoms with Gasteiger partial charge in [0.2, 0.25) is 0 Å². The number of aliphatic hydroxyl groups excluding tert-OH is 1.